The van der Waals surface area contributed by atoms with Crippen molar-refractivity contribution in [2.24, 2.45) is 0 Å². The molecule has 0 unspecified atom stereocenters. The van der Waals surface area contributed by atoms with Crippen LogP contribution in [-0.2, 0) is 0 Å². The Morgan fingerprint density at radius 3 is 0.819 bits per heavy atom. The van der Waals surface area contributed by atoms with Crippen LogP contribution in [0.25, 0.3) is 178 Å². The minimum atomic E-state index is 0.503. The Hall–Kier alpha value is -12.7. The van der Waals surface area contributed by atoms with Crippen LogP contribution in [0.4, 0.5) is 0 Å². The highest BCUT2D eigenvalue weighted by molar-refractivity contribution is 6.15. The Kier molecular flexibility index (Phi) is 12.1. The van der Waals surface area contributed by atoms with E-state index in [0.717, 1.165) is 116 Å². The molecular formula is C87H55N7. The Morgan fingerprint density at radius 1 is 0.181 bits per heavy atom. The molecule has 0 spiro atoms. The lowest BCUT2D eigenvalue weighted by Gasteiger charge is -2.20. The van der Waals surface area contributed by atoms with Crippen LogP contribution in [0.15, 0.2) is 334 Å². The molecule has 0 saturated carbocycles. The first-order valence-corrected chi connectivity index (χ1v) is 32.0. The fourth-order valence-corrected chi connectivity index (χ4v) is 14.9. The normalized spacial score (nSPS) is 11.8. The van der Waals surface area contributed by atoms with Crippen molar-refractivity contribution in [1.82, 2.24) is 33.2 Å². The number of rotatable bonds is 10. The summed E-state index contributed by atoms with van der Waals surface area (Å²) in [5, 5.41) is 9.22. The maximum Gasteiger partial charge on any atom is 0.240 e. The van der Waals surface area contributed by atoms with Gasteiger partial charge in [-0.3, -0.25) is 9.13 Å². The van der Waals surface area contributed by atoms with E-state index >= 15 is 0 Å². The number of hydrogen-bond donors (Lipinski definition) is 0. The van der Waals surface area contributed by atoms with E-state index in [9.17, 15) is 0 Å². The molecule has 7 nitrogen and oxygen atoms in total. The highest BCUT2D eigenvalue weighted by Gasteiger charge is 2.27. The number of benzene rings is 14. The van der Waals surface area contributed by atoms with E-state index in [1.54, 1.807) is 0 Å². The van der Waals surface area contributed by atoms with E-state index in [4.69, 9.17) is 15.0 Å². The molecule has 0 radical (unpaired) electrons. The predicted molar refractivity (Wildman–Crippen MR) is 390 cm³/mol. The molecule has 0 N–H and O–H groups in total. The summed E-state index contributed by atoms with van der Waals surface area (Å²) >= 11 is 0. The third kappa shape index (κ3) is 8.42. The van der Waals surface area contributed by atoms with E-state index in [1.165, 1.54) is 43.6 Å². The maximum absolute atomic E-state index is 5.84. The molecule has 0 aliphatic heterocycles. The smallest absolute Gasteiger partial charge is 0.240 e. The van der Waals surface area contributed by atoms with Crippen LogP contribution >= 0.6 is 0 Å². The van der Waals surface area contributed by atoms with Gasteiger partial charge in [-0.1, -0.05) is 237 Å². The number of hydrogen-bond acceptors (Lipinski definition) is 3. The van der Waals surface area contributed by atoms with Gasteiger partial charge in [0.15, 0.2) is 5.82 Å². The molecule has 7 heteroatoms. The van der Waals surface area contributed by atoms with Gasteiger partial charge in [-0.05, 0) is 147 Å². The second-order valence-corrected chi connectivity index (χ2v) is 24.3. The van der Waals surface area contributed by atoms with Gasteiger partial charge in [-0.2, -0.15) is 15.0 Å². The SMILES string of the molecule is c1ccc(-c2ccc(-c3ccccc3)c(-c3nc(-n4c5ccccc5c5cc(-c6ccc7c(c6)c6ccccc6n7-c6ccccc6)ccc54)nc(-n4c5ccccc5c5cc(-c6ccc7c(c6)c6ccccc6n7-c6ccccc6)ccc54)n3)c2-c2ccccc2)cc1. The van der Waals surface area contributed by atoms with Crippen molar-refractivity contribution in [2.45, 2.75) is 0 Å². The summed E-state index contributed by atoms with van der Waals surface area (Å²) in [6.45, 7) is 0. The zero-order valence-corrected chi connectivity index (χ0v) is 50.9. The number of nitrogens with zero attached hydrogens (tertiary/aromatic N) is 7. The average Bonchev–Trinajstić information content (AvgIpc) is 1.50. The van der Waals surface area contributed by atoms with E-state index < -0.39 is 0 Å². The van der Waals surface area contributed by atoms with Gasteiger partial charge in [-0.15, -0.1) is 0 Å². The highest BCUT2D eigenvalue weighted by atomic mass is 15.3. The van der Waals surface area contributed by atoms with E-state index in [2.05, 4.69) is 352 Å². The molecule has 0 atom stereocenters. The minimum Gasteiger partial charge on any atom is -0.309 e. The molecule has 0 amide bonds. The summed E-state index contributed by atoms with van der Waals surface area (Å²) in [5.41, 5.74) is 22.6. The second kappa shape index (κ2) is 21.5. The molecule has 0 fully saturated rings. The quantitative estimate of drug-likeness (QED) is 0.137. The van der Waals surface area contributed by atoms with Crippen LogP contribution < -0.4 is 0 Å². The lowest BCUT2D eigenvalue weighted by atomic mass is 9.85. The first-order valence-electron chi connectivity index (χ1n) is 32.0. The molecule has 0 aliphatic rings. The van der Waals surface area contributed by atoms with Crippen LogP contribution in [0.5, 0.6) is 0 Å². The first kappa shape index (κ1) is 53.2. The topological polar surface area (TPSA) is 58.4 Å². The van der Waals surface area contributed by atoms with Crippen LogP contribution in [0.3, 0.4) is 0 Å². The molecule has 0 bridgehead atoms. The fraction of sp³-hybridized carbons (Fsp3) is 0. The van der Waals surface area contributed by atoms with Crippen molar-refractivity contribution in [3.05, 3.63) is 334 Å². The van der Waals surface area contributed by atoms with Crippen molar-refractivity contribution in [2.75, 3.05) is 0 Å². The lowest BCUT2D eigenvalue weighted by Crippen LogP contribution is -2.11. The standard InChI is InChI=1S/C87H55N7/c1-6-24-56(25-7-1)65-46-47-66(57-26-8-2-9-27-57)84(83(65)58-28-10-3-11-29-58)85-88-86(93-77-40-22-18-36-69(77)73-54-61(44-50-81(73)93)59-42-48-79-71(52-59)67-34-16-20-38-75(67)91(79)63-30-12-4-13-31-63)90-87(89-85)94-78-41-23-19-37-70(78)74-55-62(45-51-82(74)94)60-43-49-80-72(53-60)68-35-17-21-39-76(68)92(80)64-32-14-5-15-33-64/h1-55H. The van der Waals surface area contributed by atoms with Crippen LogP contribution in [-0.4, -0.2) is 33.2 Å². The Bertz CT molecular complexity index is 5910. The maximum atomic E-state index is 5.84. The monoisotopic (exact) mass is 1200 g/mol. The number of para-hydroxylation sites is 6. The van der Waals surface area contributed by atoms with Gasteiger partial charge in [0.05, 0.1) is 44.1 Å². The Morgan fingerprint density at radius 2 is 0.457 bits per heavy atom. The van der Waals surface area contributed by atoms with Gasteiger partial charge in [0.25, 0.3) is 0 Å². The van der Waals surface area contributed by atoms with Gasteiger partial charge in [0, 0.05) is 65.6 Å². The zero-order valence-electron chi connectivity index (χ0n) is 50.9. The second-order valence-electron chi connectivity index (χ2n) is 24.3. The van der Waals surface area contributed by atoms with Crippen molar-refractivity contribution in [3.63, 3.8) is 0 Å². The molecule has 438 valence electrons. The van der Waals surface area contributed by atoms with Gasteiger partial charge < -0.3 is 9.13 Å². The minimum absolute atomic E-state index is 0.503. The number of aromatic nitrogens is 7. The van der Waals surface area contributed by atoms with Gasteiger partial charge in [0.1, 0.15) is 0 Å². The zero-order chi connectivity index (χ0) is 61.8. The largest absolute Gasteiger partial charge is 0.309 e. The molecule has 5 aromatic heterocycles. The van der Waals surface area contributed by atoms with E-state index in [0.29, 0.717) is 17.7 Å². The third-order valence-electron chi connectivity index (χ3n) is 19.1. The molecule has 0 aliphatic carbocycles. The summed E-state index contributed by atoms with van der Waals surface area (Å²) in [6, 6.07) is 120. The number of fused-ring (bicyclic) bond motifs is 12. The van der Waals surface area contributed by atoms with Crippen LogP contribution in [0.2, 0.25) is 0 Å². The lowest BCUT2D eigenvalue weighted by molar-refractivity contribution is 0.893. The van der Waals surface area contributed by atoms with Crippen molar-refractivity contribution < 1.29 is 0 Å². The van der Waals surface area contributed by atoms with Gasteiger partial charge in [0.2, 0.25) is 11.9 Å². The predicted octanol–water partition coefficient (Wildman–Crippen LogP) is 22.3. The molecule has 19 aromatic rings. The molecular weight excluding hydrogens is 1140 g/mol. The summed E-state index contributed by atoms with van der Waals surface area (Å²) in [7, 11) is 0. The van der Waals surface area contributed by atoms with Crippen LogP contribution in [0, 0.1) is 0 Å². The molecule has 5 heterocycles. The Labute approximate surface area is 541 Å². The third-order valence-corrected chi connectivity index (χ3v) is 19.1. The summed E-state index contributed by atoms with van der Waals surface area (Å²) in [5.74, 6) is 1.55. The van der Waals surface area contributed by atoms with E-state index in [1.807, 2.05) is 0 Å². The molecule has 94 heavy (non-hydrogen) atoms. The van der Waals surface area contributed by atoms with E-state index in [-0.39, 0.29) is 0 Å². The van der Waals surface area contributed by atoms with Crippen molar-refractivity contribution in [1.29, 1.82) is 0 Å². The van der Waals surface area contributed by atoms with Gasteiger partial charge in [-0.25, -0.2) is 0 Å². The average molecular weight is 1200 g/mol. The summed E-state index contributed by atoms with van der Waals surface area (Å²) in [4.78, 5) is 17.4. The van der Waals surface area contributed by atoms with Gasteiger partial charge >= 0.3 is 0 Å². The van der Waals surface area contributed by atoms with Crippen molar-refractivity contribution in [3.8, 4) is 90.3 Å². The highest BCUT2D eigenvalue weighted by Crippen LogP contribution is 2.47. The molecule has 19 rings (SSSR count). The van der Waals surface area contributed by atoms with Crippen molar-refractivity contribution >= 4 is 87.2 Å². The Balaban J connectivity index is 0.855. The summed E-state index contributed by atoms with van der Waals surface area (Å²) < 4.78 is 9.25. The first-order chi connectivity index (χ1) is 46.6. The molecule has 0 saturated heterocycles. The summed E-state index contributed by atoms with van der Waals surface area (Å²) in [6.07, 6.45) is 0. The van der Waals surface area contributed by atoms with Crippen LogP contribution in [0.1, 0.15) is 0 Å². The fourth-order valence-electron chi connectivity index (χ4n) is 14.9. The molecule has 14 aromatic carbocycles.